The molecule has 1 heterocycles. The van der Waals surface area contributed by atoms with Crippen LogP contribution in [0.3, 0.4) is 0 Å². The van der Waals surface area contributed by atoms with Crippen molar-refractivity contribution in [2.24, 2.45) is 0 Å². The summed E-state index contributed by atoms with van der Waals surface area (Å²) in [5.74, 6) is 0.249. The molecule has 2 atom stereocenters. The minimum Gasteiger partial charge on any atom is -0.394 e. The molecule has 3 nitrogen and oxygen atoms in total. The number of aliphatic hydroxyl groups is 1. The van der Waals surface area contributed by atoms with Crippen molar-refractivity contribution in [3.05, 3.63) is 35.9 Å². The van der Waals surface area contributed by atoms with Crippen molar-refractivity contribution in [3.63, 3.8) is 0 Å². The first-order valence-electron chi connectivity index (χ1n) is 5.40. The third-order valence-electron chi connectivity index (χ3n) is 2.83. The van der Waals surface area contributed by atoms with Gasteiger partial charge in [0, 0.05) is 19.0 Å². The van der Waals surface area contributed by atoms with Crippen molar-refractivity contribution in [2.75, 3.05) is 26.3 Å². The Morgan fingerprint density at radius 2 is 2.13 bits per heavy atom. The third kappa shape index (κ3) is 2.56. The quantitative estimate of drug-likeness (QED) is 0.752. The lowest BCUT2D eigenvalue weighted by Gasteiger charge is -2.23. The number of hydrogen-bond donors (Lipinski definition) is 2. The molecule has 0 saturated carbocycles. The molecule has 1 aromatic carbocycles. The normalized spacial score (nSPS) is 27.3. The van der Waals surface area contributed by atoms with E-state index >= 15 is 0 Å². The van der Waals surface area contributed by atoms with Crippen molar-refractivity contribution in [2.45, 2.75) is 12.0 Å². The summed E-state index contributed by atoms with van der Waals surface area (Å²) in [4.78, 5) is 0. The fraction of sp³-hybridized carbons (Fsp3) is 0.500. The Hall–Kier alpha value is -0.900. The highest BCUT2D eigenvalue weighted by atomic mass is 16.5. The Labute approximate surface area is 90.1 Å². The first kappa shape index (κ1) is 10.6. The molecule has 1 aliphatic heterocycles. The fourth-order valence-electron chi connectivity index (χ4n) is 2.00. The Kier molecular flexibility index (Phi) is 3.72. The van der Waals surface area contributed by atoms with Crippen molar-refractivity contribution in [1.82, 2.24) is 5.32 Å². The van der Waals surface area contributed by atoms with Crippen LogP contribution in [0.25, 0.3) is 0 Å². The standard InChI is InChI=1S/C12H17NO2/c14-9-12-11(8-13-6-7-15-12)10-4-2-1-3-5-10/h1-5,11-14H,6-9H2/t11-,12+/m0/s1. The number of aliphatic hydroxyl groups excluding tert-OH is 1. The summed E-state index contributed by atoms with van der Waals surface area (Å²) < 4.78 is 5.61. The molecule has 0 bridgehead atoms. The van der Waals surface area contributed by atoms with Gasteiger partial charge in [-0.15, -0.1) is 0 Å². The highest BCUT2D eigenvalue weighted by Gasteiger charge is 2.24. The van der Waals surface area contributed by atoms with Crippen LogP contribution in [-0.2, 0) is 4.74 Å². The predicted molar refractivity (Wildman–Crippen MR) is 58.9 cm³/mol. The van der Waals surface area contributed by atoms with Gasteiger partial charge in [0.2, 0.25) is 0 Å². The molecule has 1 saturated heterocycles. The summed E-state index contributed by atoms with van der Waals surface area (Å²) >= 11 is 0. The highest BCUT2D eigenvalue weighted by Crippen LogP contribution is 2.22. The zero-order valence-electron chi connectivity index (χ0n) is 8.73. The monoisotopic (exact) mass is 207 g/mol. The highest BCUT2D eigenvalue weighted by molar-refractivity contribution is 5.21. The number of rotatable bonds is 2. The van der Waals surface area contributed by atoms with Crippen LogP contribution in [0.15, 0.2) is 30.3 Å². The summed E-state index contributed by atoms with van der Waals surface area (Å²) in [7, 11) is 0. The molecule has 1 aromatic rings. The van der Waals surface area contributed by atoms with Gasteiger partial charge in [-0.1, -0.05) is 30.3 Å². The smallest absolute Gasteiger partial charge is 0.0886 e. The van der Waals surface area contributed by atoms with Crippen molar-refractivity contribution < 1.29 is 9.84 Å². The maximum atomic E-state index is 9.29. The summed E-state index contributed by atoms with van der Waals surface area (Å²) in [6.45, 7) is 2.49. The molecule has 2 rings (SSSR count). The lowest BCUT2D eigenvalue weighted by Crippen LogP contribution is -2.29. The summed E-state index contributed by atoms with van der Waals surface area (Å²) in [5.41, 5.74) is 1.23. The minimum absolute atomic E-state index is 0.0811. The summed E-state index contributed by atoms with van der Waals surface area (Å²) in [5, 5.41) is 12.6. The molecule has 1 fully saturated rings. The molecule has 0 unspecified atom stereocenters. The van der Waals surface area contributed by atoms with Crippen LogP contribution in [-0.4, -0.2) is 37.5 Å². The van der Waals surface area contributed by atoms with Crippen LogP contribution in [0.5, 0.6) is 0 Å². The fourth-order valence-corrected chi connectivity index (χ4v) is 2.00. The Bertz CT molecular complexity index is 289. The number of hydrogen-bond acceptors (Lipinski definition) is 3. The Morgan fingerprint density at radius 3 is 2.87 bits per heavy atom. The number of benzene rings is 1. The van der Waals surface area contributed by atoms with Crippen LogP contribution in [0.4, 0.5) is 0 Å². The van der Waals surface area contributed by atoms with Crippen LogP contribution < -0.4 is 5.32 Å². The Balaban J connectivity index is 2.16. The van der Waals surface area contributed by atoms with Crippen molar-refractivity contribution >= 4 is 0 Å². The molecule has 0 aromatic heterocycles. The average molecular weight is 207 g/mol. The molecule has 82 valence electrons. The van der Waals surface area contributed by atoms with E-state index in [1.54, 1.807) is 0 Å². The zero-order valence-corrected chi connectivity index (χ0v) is 8.73. The molecule has 0 amide bonds. The van der Waals surface area contributed by atoms with Gasteiger partial charge in [0.25, 0.3) is 0 Å². The first-order valence-corrected chi connectivity index (χ1v) is 5.40. The lowest BCUT2D eigenvalue weighted by atomic mass is 9.94. The van der Waals surface area contributed by atoms with Gasteiger partial charge in [-0.3, -0.25) is 0 Å². The van der Waals surface area contributed by atoms with E-state index in [1.807, 2.05) is 18.2 Å². The van der Waals surface area contributed by atoms with Gasteiger partial charge in [-0.05, 0) is 5.56 Å². The first-order chi connectivity index (χ1) is 7.42. The lowest BCUT2D eigenvalue weighted by molar-refractivity contribution is 0.0108. The van der Waals surface area contributed by atoms with Gasteiger partial charge < -0.3 is 15.2 Å². The second-order valence-electron chi connectivity index (χ2n) is 3.81. The van der Waals surface area contributed by atoms with E-state index in [0.717, 1.165) is 13.1 Å². The average Bonchev–Trinajstić information content (AvgIpc) is 2.55. The molecule has 15 heavy (non-hydrogen) atoms. The molecular formula is C12H17NO2. The van der Waals surface area contributed by atoms with Crippen LogP contribution in [0.2, 0.25) is 0 Å². The molecule has 0 aliphatic carbocycles. The van der Waals surface area contributed by atoms with E-state index in [2.05, 4.69) is 17.4 Å². The molecular weight excluding hydrogens is 190 g/mol. The van der Waals surface area contributed by atoms with Crippen molar-refractivity contribution in [1.29, 1.82) is 0 Å². The van der Waals surface area contributed by atoms with Gasteiger partial charge >= 0.3 is 0 Å². The molecule has 0 radical (unpaired) electrons. The van der Waals surface area contributed by atoms with Gasteiger partial charge in [0.1, 0.15) is 0 Å². The maximum Gasteiger partial charge on any atom is 0.0886 e. The third-order valence-corrected chi connectivity index (χ3v) is 2.83. The van der Waals surface area contributed by atoms with Crippen LogP contribution >= 0.6 is 0 Å². The largest absolute Gasteiger partial charge is 0.394 e. The number of ether oxygens (including phenoxy) is 1. The van der Waals surface area contributed by atoms with E-state index in [4.69, 9.17) is 4.74 Å². The second-order valence-corrected chi connectivity index (χ2v) is 3.81. The minimum atomic E-state index is -0.0811. The predicted octanol–water partition coefficient (Wildman–Crippen LogP) is 0.751. The molecule has 1 aliphatic rings. The second kappa shape index (κ2) is 5.26. The van der Waals surface area contributed by atoms with E-state index < -0.39 is 0 Å². The summed E-state index contributed by atoms with van der Waals surface area (Å²) in [6.07, 6.45) is -0.0811. The van der Waals surface area contributed by atoms with Gasteiger partial charge in [-0.25, -0.2) is 0 Å². The summed E-state index contributed by atoms with van der Waals surface area (Å²) in [6, 6.07) is 10.2. The van der Waals surface area contributed by atoms with Crippen LogP contribution in [0, 0.1) is 0 Å². The molecule has 3 heteroatoms. The molecule has 0 spiro atoms. The van der Waals surface area contributed by atoms with E-state index in [-0.39, 0.29) is 18.6 Å². The zero-order chi connectivity index (χ0) is 10.5. The topological polar surface area (TPSA) is 41.5 Å². The van der Waals surface area contributed by atoms with Gasteiger partial charge in [0.05, 0.1) is 19.3 Å². The van der Waals surface area contributed by atoms with Crippen LogP contribution in [0.1, 0.15) is 11.5 Å². The SMILES string of the molecule is OC[C@H]1OCCNC[C@H]1c1ccccc1. The number of nitrogens with one attached hydrogen (secondary N) is 1. The van der Waals surface area contributed by atoms with Gasteiger partial charge in [0.15, 0.2) is 0 Å². The van der Waals surface area contributed by atoms with E-state index in [0.29, 0.717) is 6.61 Å². The molecule has 2 N–H and O–H groups in total. The Morgan fingerprint density at radius 1 is 1.33 bits per heavy atom. The maximum absolute atomic E-state index is 9.29. The van der Waals surface area contributed by atoms with Crippen molar-refractivity contribution in [3.8, 4) is 0 Å². The van der Waals surface area contributed by atoms with E-state index in [9.17, 15) is 5.11 Å². The van der Waals surface area contributed by atoms with Gasteiger partial charge in [-0.2, -0.15) is 0 Å². The van der Waals surface area contributed by atoms with E-state index in [1.165, 1.54) is 5.56 Å².